The molecule has 9 nitrogen and oxygen atoms in total. The normalized spacial score (nSPS) is 12.1. The van der Waals surface area contributed by atoms with Gasteiger partial charge in [0.15, 0.2) is 0 Å². The molecule has 0 spiro atoms. The van der Waals surface area contributed by atoms with Crippen molar-refractivity contribution < 1.29 is 34.8 Å². The molecule has 0 aliphatic rings. The van der Waals surface area contributed by atoms with Gasteiger partial charge in [-0.1, -0.05) is 0 Å². The summed E-state index contributed by atoms with van der Waals surface area (Å²) in [4.78, 5) is 32.1. The molecule has 0 amide bonds. The molecule has 1 unspecified atom stereocenters. The Morgan fingerprint density at radius 3 is 1.59 bits per heavy atom. The van der Waals surface area contributed by atoms with Crippen molar-refractivity contribution in [1.82, 2.24) is 5.32 Å². The molecule has 0 saturated heterocycles. The van der Waals surface area contributed by atoms with Gasteiger partial charge in [-0.2, -0.15) is 0 Å². The van der Waals surface area contributed by atoms with Gasteiger partial charge in [-0.3, -0.25) is 19.7 Å². The van der Waals surface area contributed by atoms with Gasteiger partial charge in [-0.15, -0.1) is 0 Å². The molecule has 0 aliphatic heterocycles. The minimum absolute atomic E-state index is 0. The predicted octanol–water partition coefficient (Wildman–Crippen LogP) is -3.72. The van der Waals surface area contributed by atoms with Gasteiger partial charge in [0, 0.05) is 19.0 Å². The molecule has 7 N–H and O–H groups in total. The zero-order valence-corrected chi connectivity index (χ0v) is 10.1. The summed E-state index contributed by atoms with van der Waals surface area (Å²) in [5, 5.41) is 38.6. The van der Waals surface area contributed by atoms with Crippen molar-refractivity contribution in [3.05, 3.63) is 5.92 Å². The van der Waals surface area contributed by atoms with Crippen LogP contribution in [0.15, 0.2) is 0 Å². The third kappa shape index (κ3) is 13.7. The van der Waals surface area contributed by atoms with Crippen LogP contribution in [0.25, 0.3) is 0 Å². The van der Waals surface area contributed by atoms with Crippen LogP contribution in [0.4, 0.5) is 0 Å². The number of carboxylic acid groups (broad SMARTS) is 3. The zero-order valence-electron chi connectivity index (χ0n) is 10.1. The van der Waals surface area contributed by atoms with Gasteiger partial charge in [-0.05, 0) is 0 Å². The molecule has 0 aromatic heterocycles. The quantitative estimate of drug-likeness (QED) is 0.171. The van der Waals surface area contributed by atoms with Crippen LogP contribution in [0.5, 0.6) is 0 Å². The SMILES string of the molecule is NCCNC(O)(CC(=O)O)[C](CC(=O)O)CC(=O)O.[NaH].[NaH].[NaH]. The summed E-state index contributed by atoms with van der Waals surface area (Å²) in [6, 6.07) is 0. The van der Waals surface area contributed by atoms with Crippen LogP contribution in [-0.2, 0) is 14.4 Å². The van der Waals surface area contributed by atoms with Gasteiger partial charge >= 0.3 is 107 Å². The Morgan fingerprint density at radius 2 is 1.32 bits per heavy atom. The van der Waals surface area contributed by atoms with Crippen molar-refractivity contribution in [2.75, 3.05) is 13.1 Å². The minimum atomic E-state index is -2.22. The molecule has 0 rings (SSSR count). The number of nitrogens with one attached hydrogen (secondary N) is 1. The molecule has 12 heteroatoms. The first-order valence-corrected chi connectivity index (χ1v) is 5.39. The molecule has 0 aromatic rings. The fourth-order valence-corrected chi connectivity index (χ4v) is 1.53. The van der Waals surface area contributed by atoms with E-state index >= 15 is 0 Å². The number of nitrogens with two attached hydrogens (primary N) is 1. The monoisotopic (exact) mass is 349 g/mol. The van der Waals surface area contributed by atoms with Gasteiger partial charge < -0.3 is 26.2 Å². The second-order valence-corrected chi connectivity index (χ2v) is 3.89. The summed E-state index contributed by atoms with van der Waals surface area (Å²) >= 11 is 0. The summed E-state index contributed by atoms with van der Waals surface area (Å²) in [7, 11) is 0. The number of hydrogen-bond donors (Lipinski definition) is 6. The fraction of sp³-hybridized carbons (Fsp3) is 0.600. The molecule has 0 aromatic carbocycles. The Morgan fingerprint density at radius 1 is 0.909 bits per heavy atom. The van der Waals surface area contributed by atoms with Crippen LogP contribution in [-0.4, -0.2) is 146 Å². The molecule has 1 atom stereocenters. The standard InChI is InChI=1S/C10H17N2O7.3Na.3H/c11-1-2-12-10(19,5-9(17)18)6(3-7(13)14)4-8(15)16;;;;;;/h12,19H,1-5,11H2,(H,13,14)(H,15,16)(H,17,18);;;;;;. The van der Waals surface area contributed by atoms with Crippen molar-refractivity contribution >= 4 is 107 Å². The molecular weight excluding hydrogens is 329 g/mol. The van der Waals surface area contributed by atoms with Gasteiger partial charge in [0.1, 0.15) is 5.72 Å². The van der Waals surface area contributed by atoms with Crippen LogP contribution in [0, 0.1) is 5.92 Å². The maximum atomic E-state index is 10.7. The average Bonchev–Trinajstić information content (AvgIpc) is 2.23. The number of carboxylic acids is 3. The van der Waals surface area contributed by atoms with E-state index in [2.05, 4.69) is 5.32 Å². The third-order valence-electron chi connectivity index (χ3n) is 2.28. The average molecular weight is 349 g/mol. The molecule has 22 heavy (non-hydrogen) atoms. The van der Waals surface area contributed by atoms with Gasteiger partial charge in [-0.25, -0.2) is 0 Å². The van der Waals surface area contributed by atoms with Crippen molar-refractivity contribution in [1.29, 1.82) is 0 Å². The Bertz CT molecular complexity index is 343. The number of aliphatic hydroxyl groups is 1. The van der Waals surface area contributed by atoms with Crippen molar-refractivity contribution in [2.45, 2.75) is 25.0 Å². The van der Waals surface area contributed by atoms with Crippen LogP contribution in [0.1, 0.15) is 19.3 Å². The molecule has 0 heterocycles. The van der Waals surface area contributed by atoms with Crippen molar-refractivity contribution in [3.8, 4) is 0 Å². The van der Waals surface area contributed by atoms with Crippen molar-refractivity contribution in [2.24, 2.45) is 5.73 Å². The predicted molar refractivity (Wildman–Crippen MR) is 83.5 cm³/mol. The van der Waals surface area contributed by atoms with Gasteiger partial charge in [0.05, 0.1) is 19.3 Å². The van der Waals surface area contributed by atoms with E-state index in [1.165, 1.54) is 0 Å². The van der Waals surface area contributed by atoms with Gasteiger partial charge in [0.25, 0.3) is 0 Å². The summed E-state index contributed by atoms with van der Waals surface area (Å²) in [5.41, 5.74) is 2.99. The van der Waals surface area contributed by atoms with Crippen LogP contribution in [0.2, 0.25) is 0 Å². The molecular formula is C10H20N2Na3O7. The summed E-state index contributed by atoms with van der Waals surface area (Å²) in [5.74, 6) is -4.48. The fourth-order valence-electron chi connectivity index (χ4n) is 1.53. The van der Waals surface area contributed by atoms with E-state index in [0.717, 1.165) is 0 Å². The second kappa shape index (κ2) is 15.8. The summed E-state index contributed by atoms with van der Waals surface area (Å²) < 4.78 is 0. The molecule has 0 saturated carbocycles. The number of carbonyl (C=O) groups is 3. The van der Waals surface area contributed by atoms with E-state index < -0.39 is 42.9 Å². The number of aliphatic carboxylic acids is 3. The summed E-state index contributed by atoms with van der Waals surface area (Å²) in [6.45, 7) is 0.0713. The first-order valence-electron chi connectivity index (χ1n) is 5.39. The Balaban J connectivity index is -0.000000540. The molecule has 115 valence electrons. The first kappa shape index (κ1) is 31.1. The van der Waals surface area contributed by atoms with E-state index in [4.69, 9.17) is 21.1 Å². The Kier molecular flexibility index (Phi) is 22.3. The first-order chi connectivity index (χ1) is 8.71. The van der Waals surface area contributed by atoms with Gasteiger partial charge in [0.2, 0.25) is 0 Å². The topological polar surface area (TPSA) is 170 Å². The third-order valence-corrected chi connectivity index (χ3v) is 2.28. The Hall–Kier alpha value is 1.29. The van der Waals surface area contributed by atoms with E-state index in [-0.39, 0.29) is 108 Å². The van der Waals surface area contributed by atoms with Crippen LogP contribution in [0.3, 0.4) is 0 Å². The van der Waals surface area contributed by atoms with E-state index in [1.54, 1.807) is 0 Å². The van der Waals surface area contributed by atoms with Crippen LogP contribution >= 0.6 is 0 Å². The van der Waals surface area contributed by atoms with E-state index in [9.17, 15) is 19.5 Å². The Labute approximate surface area is 194 Å². The van der Waals surface area contributed by atoms with Crippen molar-refractivity contribution in [3.63, 3.8) is 0 Å². The number of hydrogen-bond acceptors (Lipinski definition) is 6. The molecule has 0 fully saturated rings. The molecule has 0 bridgehead atoms. The second-order valence-electron chi connectivity index (χ2n) is 3.89. The number of rotatable bonds is 10. The van der Waals surface area contributed by atoms with Crippen LogP contribution < -0.4 is 11.1 Å². The van der Waals surface area contributed by atoms with E-state index in [0.29, 0.717) is 0 Å². The maximum absolute atomic E-state index is 10.7. The molecule has 1 radical (unpaired) electrons. The zero-order chi connectivity index (χ0) is 15.1. The summed E-state index contributed by atoms with van der Waals surface area (Å²) in [6.07, 6.45) is -2.37. The van der Waals surface area contributed by atoms with E-state index in [1.807, 2.05) is 0 Å². The molecule has 0 aliphatic carbocycles.